The Labute approximate surface area is 170 Å². The molecule has 0 saturated carbocycles. The number of aryl methyl sites for hydroxylation is 1. The van der Waals surface area contributed by atoms with Gasteiger partial charge in [0.1, 0.15) is 0 Å². The first kappa shape index (κ1) is 21.7. The lowest BCUT2D eigenvalue weighted by atomic mass is 10.1. The quantitative estimate of drug-likeness (QED) is 0.504. The summed E-state index contributed by atoms with van der Waals surface area (Å²) in [4.78, 5) is 19.1. The maximum atomic E-state index is 12.2. The number of piperidine rings is 1. The number of benzene rings is 1. The summed E-state index contributed by atoms with van der Waals surface area (Å²) in [5, 5.41) is 6.30. The molecule has 1 aliphatic heterocycles. The van der Waals surface area contributed by atoms with Gasteiger partial charge in [-0.25, -0.2) is 0 Å². The number of likely N-dealkylation sites (tertiary alicyclic amines) is 1. The molecule has 1 fully saturated rings. The van der Waals surface area contributed by atoms with Gasteiger partial charge in [-0.1, -0.05) is 15.9 Å². The minimum atomic E-state index is -0.0184. The average molecular weight is 439 g/mol. The zero-order valence-corrected chi connectivity index (χ0v) is 18.1. The number of carbonyl (C=O) groups excluding carboxylic acids is 1. The van der Waals surface area contributed by atoms with Gasteiger partial charge in [0.05, 0.1) is 12.6 Å². The van der Waals surface area contributed by atoms with Crippen molar-refractivity contribution in [3.05, 3.63) is 28.2 Å². The third kappa shape index (κ3) is 7.14. The molecular weight excluding hydrogens is 408 g/mol. The third-order valence-electron chi connectivity index (χ3n) is 4.54. The minimum absolute atomic E-state index is 0.0184. The molecule has 1 aromatic carbocycles. The smallest absolute Gasteiger partial charge is 0.226 e. The zero-order valence-electron chi connectivity index (χ0n) is 16.6. The third-order valence-corrected chi connectivity index (χ3v) is 5.04. The van der Waals surface area contributed by atoms with Crippen LogP contribution in [0.1, 0.15) is 38.7 Å². The lowest BCUT2D eigenvalue weighted by molar-refractivity contribution is -0.116. The van der Waals surface area contributed by atoms with Crippen molar-refractivity contribution in [3.8, 4) is 0 Å². The summed E-state index contributed by atoms with van der Waals surface area (Å²) in [6.07, 6.45) is 2.75. The summed E-state index contributed by atoms with van der Waals surface area (Å²) in [5.74, 6) is 0.871. The fourth-order valence-corrected chi connectivity index (χ4v) is 3.61. The van der Waals surface area contributed by atoms with Crippen molar-refractivity contribution in [2.24, 2.45) is 4.99 Å². The van der Waals surface area contributed by atoms with Gasteiger partial charge in [-0.05, 0) is 57.4 Å². The Morgan fingerprint density at radius 3 is 2.70 bits per heavy atom. The standard InChI is InChI=1S/C20H31BrN4O2/c1-4-22-20(25-12-9-17(10-13-25)27-5-2)23-11-8-19(26)24-18-7-6-16(21)14-15(18)3/h6-7,14,17H,4-5,8-13H2,1-3H3,(H,22,23)(H,24,26). The van der Waals surface area contributed by atoms with Crippen LogP contribution in [0.25, 0.3) is 0 Å². The number of ether oxygens (including phenoxy) is 1. The molecule has 0 unspecified atom stereocenters. The van der Waals surface area contributed by atoms with E-state index in [4.69, 9.17) is 4.74 Å². The maximum Gasteiger partial charge on any atom is 0.226 e. The van der Waals surface area contributed by atoms with E-state index < -0.39 is 0 Å². The van der Waals surface area contributed by atoms with Gasteiger partial charge in [0.25, 0.3) is 0 Å². The van der Waals surface area contributed by atoms with Crippen LogP contribution in [0.5, 0.6) is 0 Å². The average Bonchev–Trinajstić information content (AvgIpc) is 2.64. The topological polar surface area (TPSA) is 66.0 Å². The molecule has 1 aromatic rings. The molecule has 6 nitrogen and oxygen atoms in total. The van der Waals surface area contributed by atoms with Crippen molar-refractivity contribution in [1.29, 1.82) is 0 Å². The van der Waals surface area contributed by atoms with Crippen LogP contribution in [0.4, 0.5) is 5.69 Å². The zero-order chi connectivity index (χ0) is 19.6. The van der Waals surface area contributed by atoms with Crippen LogP contribution in [0.15, 0.2) is 27.7 Å². The molecule has 0 radical (unpaired) electrons. The first-order valence-corrected chi connectivity index (χ1v) is 10.5. The maximum absolute atomic E-state index is 12.2. The van der Waals surface area contributed by atoms with Crippen molar-refractivity contribution >= 4 is 33.5 Å². The number of anilines is 1. The van der Waals surface area contributed by atoms with Crippen LogP contribution < -0.4 is 10.6 Å². The molecule has 7 heteroatoms. The fourth-order valence-electron chi connectivity index (χ4n) is 3.14. The first-order valence-electron chi connectivity index (χ1n) is 9.74. The molecule has 0 atom stereocenters. The molecule has 0 bridgehead atoms. The normalized spacial score (nSPS) is 15.7. The van der Waals surface area contributed by atoms with E-state index in [-0.39, 0.29) is 5.91 Å². The molecule has 1 heterocycles. The molecule has 1 aliphatic rings. The molecule has 0 aromatic heterocycles. The van der Waals surface area contributed by atoms with Crippen LogP contribution in [0, 0.1) is 6.92 Å². The number of halogens is 1. The fraction of sp³-hybridized carbons (Fsp3) is 0.600. The molecular formula is C20H31BrN4O2. The van der Waals surface area contributed by atoms with E-state index in [0.717, 1.165) is 60.8 Å². The van der Waals surface area contributed by atoms with Crippen LogP contribution in [0.2, 0.25) is 0 Å². The van der Waals surface area contributed by atoms with Gasteiger partial charge in [0.2, 0.25) is 5.91 Å². The predicted octanol–water partition coefficient (Wildman–Crippen LogP) is 3.55. The Bertz CT molecular complexity index is 643. The SMILES string of the molecule is CCNC(=NCCC(=O)Nc1ccc(Br)cc1C)N1CCC(OCC)CC1. The van der Waals surface area contributed by atoms with Crippen molar-refractivity contribution in [1.82, 2.24) is 10.2 Å². The molecule has 2 N–H and O–H groups in total. The number of guanidine groups is 1. The minimum Gasteiger partial charge on any atom is -0.378 e. The number of aliphatic imine (C=N–C) groups is 1. The first-order chi connectivity index (χ1) is 13.0. The van der Waals surface area contributed by atoms with Crippen molar-refractivity contribution < 1.29 is 9.53 Å². The van der Waals surface area contributed by atoms with Crippen molar-refractivity contribution in [2.45, 2.75) is 46.1 Å². The van der Waals surface area contributed by atoms with Gasteiger partial charge in [-0.3, -0.25) is 9.79 Å². The summed E-state index contributed by atoms with van der Waals surface area (Å²) >= 11 is 3.44. The van der Waals surface area contributed by atoms with Gasteiger partial charge in [0.15, 0.2) is 5.96 Å². The van der Waals surface area contributed by atoms with Gasteiger partial charge in [-0.15, -0.1) is 0 Å². The molecule has 27 heavy (non-hydrogen) atoms. The second-order valence-corrected chi connectivity index (χ2v) is 7.55. The highest BCUT2D eigenvalue weighted by molar-refractivity contribution is 9.10. The summed E-state index contributed by atoms with van der Waals surface area (Å²) in [7, 11) is 0. The second-order valence-electron chi connectivity index (χ2n) is 6.63. The van der Waals surface area contributed by atoms with Gasteiger partial charge < -0.3 is 20.3 Å². The van der Waals surface area contributed by atoms with Crippen molar-refractivity contribution in [2.75, 3.05) is 38.1 Å². The van der Waals surface area contributed by atoms with Crippen molar-refractivity contribution in [3.63, 3.8) is 0 Å². The summed E-state index contributed by atoms with van der Waals surface area (Å²) < 4.78 is 6.72. The van der Waals surface area contributed by atoms with E-state index >= 15 is 0 Å². The molecule has 1 saturated heterocycles. The van der Waals surface area contributed by atoms with E-state index in [1.54, 1.807) is 0 Å². The number of hydrogen-bond donors (Lipinski definition) is 2. The van der Waals surface area contributed by atoms with Gasteiger partial charge in [0, 0.05) is 42.8 Å². The summed E-state index contributed by atoms with van der Waals surface area (Å²) in [6.45, 7) is 9.99. The number of hydrogen-bond acceptors (Lipinski definition) is 3. The largest absolute Gasteiger partial charge is 0.378 e. The van der Waals surface area contributed by atoms with Crippen LogP contribution in [-0.2, 0) is 9.53 Å². The Kier molecular flexibility index (Phi) is 9.07. The number of nitrogens with one attached hydrogen (secondary N) is 2. The van der Waals surface area contributed by atoms with Gasteiger partial charge in [-0.2, -0.15) is 0 Å². The number of rotatable bonds is 7. The number of carbonyl (C=O) groups is 1. The van der Waals surface area contributed by atoms with E-state index in [1.165, 1.54) is 0 Å². The van der Waals surface area contributed by atoms with Crippen LogP contribution >= 0.6 is 15.9 Å². The lowest BCUT2D eigenvalue weighted by Crippen LogP contribution is -2.47. The molecule has 150 valence electrons. The monoisotopic (exact) mass is 438 g/mol. The van der Waals surface area contributed by atoms with E-state index in [9.17, 15) is 4.79 Å². The van der Waals surface area contributed by atoms with Crippen LogP contribution in [0.3, 0.4) is 0 Å². The highest BCUT2D eigenvalue weighted by Gasteiger charge is 2.21. The lowest BCUT2D eigenvalue weighted by Gasteiger charge is -2.34. The molecule has 0 aliphatic carbocycles. The summed E-state index contributed by atoms with van der Waals surface area (Å²) in [6, 6.07) is 5.83. The molecule has 2 rings (SSSR count). The Balaban J connectivity index is 1.84. The van der Waals surface area contributed by atoms with E-state index in [0.29, 0.717) is 19.1 Å². The van der Waals surface area contributed by atoms with Crippen LogP contribution in [-0.4, -0.2) is 55.7 Å². The highest BCUT2D eigenvalue weighted by Crippen LogP contribution is 2.20. The summed E-state index contributed by atoms with van der Waals surface area (Å²) in [5.41, 5.74) is 1.88. The Morgan fingerprint density at radius 2 is 2.07 bits per heavy atom. The Morgan fingerprint density at radius 1 is 1.33 bits per heavy atom. The molecule has 0 spiro atoms. The molecule has 1 amide bonds. The number of amides is 1. The van der Waals surface area contributed by atoms with E-state index in [1.807, 2.05) is 32.0 Å². The second kappa shape index (κ2) is 11.3. The predicted molar refractivity (Wildman–Crippen MR) is 114 cm³/mol. The Hall–Kier alpha value is -1.60. The highest BCUT2D eigenvalue weighted by atomic mass is 79.9. The van der Waals surface area contributed by atoms with E-state index in [2.05, 4.69) is 43.4 Å². The van der Waals surface area contributed by atoms with Gasteiger partial charge >= 0.3 is 0 Å². The number of nitrogens with zero attached hydrogens (tertiary/aromatic N) is 2.